The molecule has 0 bridgehead atoms. The molecule has 3 heteroatoms. The molecule has 0 radical (unpaired) electrons. The van der Waals surface area contributed by atoms with E-state index in [4.69, 9.17) is 5.10 Å². The van der Waals surface area contributed by atoms with Crippen molar-refractivity contribution >= 4 is 0 Å². The third kappa shape index (κ3) is 4.08. The maximum absolute atomic E-state index is 4.81. The summed E-state index contributed by atoms with van der Waals surface area (Å²) >= 11 is 0. The van der Waals surface area contributed by atoms with Gasteiger partial charge in [0.25, 0.3) is 0 Å². The van der Waals surface area contributed by atoms with Gasteiger partial charge in [-0.15, -0.1) is 0 Å². The topological polar surface area (TPSA) is 29.9 Å². The smallest absolute Gasteiger partial charge is 0.0630 e. The highest BCUT2D eigenvalue weighted by atomic mass is 15.3. The summed E-state index contributed by atoms with van der Waals surface area (Å²) in [6.45, 7) is 11.3. The van der Waals surface area contributed by atoms with Crippen LogP contribution in [0.2, 0.25) is 0 Å². The molecule has 1 aliphatic rings. The molecule has 1 aromatic rings. The van der Waals surface area contributed by atoms with Gasteiger partial charge >= 0.3 is 0 Å². The van der Waals surface area contributed by atoms with E-state index in [1.165, 1.54) is 31.4 Å². The van der Waals surface area contributed by atoms with E-state index >= 15 is 0 Å². The molecule has 1 saturated carbocycles. The van der Waals surface area contributed by atoms with Gasteiger partial charge in [-0.05, 0) is 56.0 Å². The summed E-state index contributed by atoms with van der Waals surface area (Å²) in [5.74, 6) is 0.736. The molecule has 0 atom stereocenters. The van der Waals surface area contributed by atoms with Crippen molar-refractivity contribution in [1.29, 1.82) is 0 Å². The molecule has 3 nitrogen and oxygen atoms in total. The number of rotatable bonds is 9. The average Bonchev–Trinajstić information content (AvgIpc) is 3.00. The van der Waals surface area contributed by atoms with Crippen LogP contribution < -0.4 is 5.32 Å². The Kier molecular flexibility index (Phi) is 5.25. The van der Waals surface area contributed by atoms with Crippen LogP contribution in [-0.4, -0.2) is 22.9 Å². The van der Waals surface area contributed by atoms with Gasteiger partial charge in [0.05, 0.1) is 11.7 Å². The van der Waals surface area contributed by atoms with Gasteiger partial charge in [0.15, 0.2) is 0 Å². The summed E-state index contributed by atoms with van der Waals surface area (Å²) in [7, 11) is 0. The minimum absolute atomic E-state index is 0.502. The SMILES string of the molecule is CCC(CC)n1ccc(CC2(CNCC(C)C)CC2)n1. The highest BCUT2D eigenvalue weighted by molar-refractivity contribution is 5.09. The summed E-state index contributed by atoms with van der Waals surface area (Å²) in [5, 5.41) is 8.43. The lowest BCUT2D eigenvalue weighted by Crippen LogP contribution is -2.28. The van der Waals surface area contributed by atoms with Crippen LogP contribution in [0, 0.1) is 11.3 Å². The minimum atomic E-state index is 0.502. The third-order valence-electron chi connectivity index (χ3n) is 4.55. The van der Waals surface area contributed by atoms with Crippen molar-refractivity contribution in [3.05, 3.63) is 18.0 Å². The van der Waals surface area contributed by atoms with E-state index in [1.807, 2.05) is 0 Å². The fourth-order valence-corrected chi connectivity index (χ4v) is 2.94. The van der Waals surface area contributed by atoms with Gasteiger partial charge in [-0.1, -0.05) is 27.7 Å². The number of hydrogen-bond donors (Lipinski definition) is 1. The number of hydrogen-bond acceptors (Lipinski definition) is 2. The zero-order chi connectivity index (χ0) is 14.6. The first kappa shape index (κ1) is 15.6. The lowest BCUT2D eigenvalue weighted by Gasteiger charge is -2.16. The van der Waals surface area contributed by atoms with Crippen LogP contribution in [0.1, 0.15) is 65.1 Å². The van der Waals surface area contributed by atoms with Gasteiger partial charge in [-0.25, -0.2) is 0 Å². The van der Waals surface area contributed by atoms with Gasteiger partial charge in [0.1, 0.15) is 0 Å². The predicted octanol–water partition coefficient (Wildman–Crippen LogP) is 3.81. The van der Waals surface area contributed by atoms with Gasteiger partial charge in [-0.2, -0.15) is 5.10 Å². The lowest BCUT2D eigenvalue weighted by atomic mass is 10.00. The molecule has 1 fully saturated rings. The Morgan fingerprint density at radius 2 is 2.00 bits per heavy atom. The van der Waals surface area contributed by atoms with Gasteiger partial charge < -0.3 is 5.32 Å². The van der Waals surface area contributed by atoms with Gasteiger partial charge in [0, 0.05) is 12.7 Å². The Balaban J connectivity index is 1.87. The van der Waals surface area contributed by atoms with Crippen molar-refractivity contribution < 1.29 is 0 Å². The Morgan fingerprint density at radius 1 is 1.30 bits per heavy atom. The van der Waals surface area contributed by atoms with E-state index in [9.17, 15) is 0 Å². The lowest BCUT2D eigenvalue weighted by molar-refractivity contribution is 0.407. The van der Waals surface area contributed by atoms with Gasteiger partial charge in [-0.3, -0.25) is 4.68 Å². The average molecular weight is 277 g/mol. The van der Waals surface area contributed by atoms with Crippen LogP contribution in [0.15, 0.2) is 12.3 Å². The van der Waals surface area contributed by atoms with E-state index in [1.54, 1.807) is 0 Å². The number of aromatic nitrogens is 2. The molecular formula is C17H31N3. The molecule has 1 heterocycles. The van der Waals surface area contributed by atoms with E-state index in [2.05, 4.69) is 50.0 Å². The summed E-state index contributed by atoms with van der Waals surface area (Å²) in [5.41, 5.74) is 1.78. The molecule has 0 spiro atoms. The van der Waals surface area contributed by atoms with Crippen molar-refractivity contribution in [1.82, 2.24) is 15.1 Å². The van der Waals surface area contributed by atoms with Gasteiger partial charge in [0.2, 0.25) is 0 Å². The molecule has 2 rings (SSSR count). The summed E-state index contributed by atoms with van der Waals surface area (Å²) < 4.78 is 2.17. The van der Waals surface area contributed by atoms with Crippen molar-refractivity contribution in [2.24, 2.45) is 11.3 Å². The molecule has 1 aromatic heterocycles. The van der Waals surface area contributed by atoms with Crippen LogP contribution >= 0.6 is 0 Å². The third-order valence-corrected chi connectivity index (χ3v) is 4.55. The van der Waals surface area contributed by atoms with Crippen LogP contribution in [0.3, 0.4) is 0 Å². The Hall–Kier alpha value is -0.830. The molecule has 0 saturated heterocycles. The fourth-order valence-electron chi connectivity index (χ4n) is 2.94. The normalized spacial score (nSPS) is 17.1. The molecule has 1 N–H and O–H groups in total. The largest absolute Gasteiger partial charge is 0.316 e. The first-order valence-electron chi connectivity index (χ1n) is 8.33. The van der Waals surface area contributed by atoms with E-state index in [-0.39, 0.29) is 0 Å². The molecule has 0 aromatic carbocycles. The standard InChI is InChI=1S/C17H31N3/c1-5-16(6-2)20-10-7-15(19-20)11-17(8-9-17)13-18-12-14(3)4/h7,10,14,16,18H,5-6,8-9,11-13H2,1-4H3. The van der Waals surface area contributed by atoms with Crippen molar-refractivity contribution in [3.8, 4) is 0 Å². The van der Waals surface area contributed by atoms with Crippen LogP contribution in [-0.2, 0) is 6.42 Å². The van der Waals surface area contributed by atoms with Crippen molar-refractivity contribution in [2.75, 3.05) is 13.1 Å². The minimum Gasteiger partial charge on any atom is -0.316 e. The van der Waals surface area contributed by atoms with E-state index < -0.39 is 0 Å². The Morgan fingerprint density at radius 3 is 2.55 bits per heavy atom. The van der Waals surface area contributed by atoms with Crippen LogP contribution in [0.5, 0.6) is 0 Å². The first-order chi connectivity index (χ1) is 9.58. The summed E-state index contributed by atoms with van der Waals surface area (Å²) in [6, 6.07) is 2.79. The number of nitrogens with one attached hydrogen (secondary N) is 1. The second kappa shape index (κ2) is 6.75. The quantitative estimate of drug-likeness (QED) is 0.744. The fraction of sp³-hybridized carbons (Fsp3) is 0.824. The molecule has 0 unspecified atom stereocenters. The maximum atomic E-state index is 4.81. The first-order valence-corrected chi connectivity index (χ1v) is 8.33. The highest BCUT2D eigenvalue weighted by Gasteiger charge is 2.42. The monoisotopic (exact) mass is 277 g/mol. The van der Waals surface area contributed by atoms with E-state index in [0.717, 1.165) is 25.4 Å². The summed E-state index contributed by atoms with van der Waals surface area (Å²) in [4.78, 5) is 0. The second-order valence-electron chi connectivity index (χ2n) is 6.96. The predicted molar refractivity (Wildman–Crippen MR) is 84.9 cm³/mol. The zero-order valence-electron chi connectivity index (χ0n) is 13.7. The molecule has 0 aliphatic heterocycles. The van der Waals surface area contributed by atoms with Crippen molar-refractivity contribution in [2.45, 2.75) is 65.8 Å². The number of nitrogens with zero attached hydrogens (tertiary/aromatic N) is 2. The maximum Gasteiger partial charge on any atom is 0.0630 e. The van der Waals surface area contributed by atoms with Crippen molar-refractivity contribution in [3.63, 3.8) is 0 Å². The van der Waals surface area contributed by atoms with Crippen LogP contribution in [0.25, 0.3) is 0 Å². The highest BCUT2D eigenvalue weighted by Crippen LogP contribution is 2.47. The second-order valence-corrected chi connectivity index (χ2v) is 6.96. The molecule has 20 heavy (non-hydrogen) atoms. The Bertz CT molecular complexity index is 400. The molecule has 0 amide bonds. The molecule has 114 valence electrons. The van der Waals surface area contributed by atoms with Crippen LogP contribution in [0.4, 0.5) is 0 Å². The Labute approximate surface area is 124 Å². The van der Waals surface area contributed by atoms with E-state index in [0.29, 0.717) is 11.5 Å². The molecular weight excluding hydrogens is 246 g/mol. The zero-order valence-corrected chi connectivity index (χ0v) is 13.7. The molecule has 1 aliphatic carbocycles. The summed E-state index contributed by atoms with van der Waals surface area (Å²) in [6.07, 6.45) is 8.36.